The second-order valence-electron chi connectivity index (χ2n) is 2.45. The van der Waals surface area contributed by atoms with Crippen LogP contribution in [0, 0.1) is 0 Å². The monoisotopic (exact) mass is 174 g/mol. The lowest BCUT2D eigenvalue weighted by molar-refractivity contribution is 0.681. The fourth-order valence-electron chi connectivity index (χ4n) is 0.791. The third kappa shape index (κ3) is 7.79. The molecular formula is C9H18OS. The summed E-state index contributed by atoms with van der Waals surface area (Å²) in [5, 5.41) is 0. The highest BCUT2D eigenvalue weighted by Crippen LogP contribution is 1.95. The normalized spacial score (nSPS) is 14.0. The Balaban J connectivity index is 3.14. The van der Waals surface area contributed by atoms with Crippen molar-refractivity contribution in [1.82, 2.24) is 0 Å². The van der Waals surface area contributed by atoms with E-state index in [1.54, 1.807) is 0 Å². The molecule has 0 spiro atoms. The van der Waals surface area contributed by atoms with Crippen molar-refractivity contribution >= 4 is 10.8 Å². The van der Waals surface area contributed by atoms with Gasteiger partial charge < -0.3 is 0 Å². The molecule has 0 fully saturated rings. The zero-order chi connectivity index (χ0) is 8.53. The largest absolute Gasteiger partial charge is 0.260 e. The number of unbranched alkanes of at least 4 members (excludes halogenated alkanes) is 1. The molecule has 0 saturated heterocycles. The van der Waals surface area contributed by atoms with Crippen LogP contribution in [0.1, 0.15) is 33.1 Å². The highest BCUT2D eigenvalue weighted by Gasteiger charge is 1.92. The molecular weight excluding hydrogens is 156 g/mol. The molecule has 0 aromatic heterocycles. The molecule has 2 heteroatoms. The lowest BCUT2D eigenvalue weighted by Gasteiger charge is -1.94. The standard InChI is InChI=1S/C9H18OS/c1-3-5-6-7-8-9-11(10)4-2/h5-6H,3-4,7-9H2,1-2H3/b6-5-. The van der Waals surface area contributed by atoms with Gasteiger partial charge >= 0.3 is 0 Å². The minimum atomic E-state index is -0.566. The van der Waals surface area contributed by atoms with E-state index in [4.69, 9.17) is 0 Å². The first-order valence-corrected chi connectivity index (χ1v) is 5.80. The van der Waals surface area contributed by atoms with E-state index in [9.17, 15) is 4.21 Å². The fourth-order valence-corrected chi connectivity index (χ4v) is 1.57. The molecule has 11 heavy (non-hydrogen) atoms. The molecule has 0 radical (unpaired) electrons. The van der Waals surface area contributed by atoms with Gasteiger partial charge in [0.05, 0.1) is 0 Å². The highest BCUT2D eigenvalue weighted by atomic mass is 32.2. The molecule has 0 heterocycles. The summed E-state index contributed by atoms with van der Waals surface area (Å²) < 4.78 is 10.9. The Hall–Kier alpha value is -0.110. The number of allylic oxidation sites excluding steroid dienone is 2. The van der Waals surface area contributed by atoms with Crippen LogP contribution >= 0.6 is 0 Å². The van der Waals surface area contributed by atoms with Gasteiger partial charge in [-0.2, -0.15) is 0 Å². The molecule has 0 aromatic carbocycles. The summed E-state index contributed by atoms with van der Waals surface area (Å²) >= 11 is 0. The van der Waals surface area contributed by atoms with Gasteiger partial charge in [-0.3, -0.25) is 4.21 Å². The van der Waals surface area contributed by atoms with Crippen molar-refractivity contribution in [2.24, 2.45) is 0 Å². The summed E-state index contributed by atoms with van der Waals surface area (Å²) in [6, 6.07) is 0. The van der Waals surface area contributed by atoms with Gasteiger partial charge in [0.15, 0.2) is 0 Å². The molecule has 0 aromatic rings. The van der Waals surface area contributed by atoms with Crippen LogP contribution in [-0.4, -0.2) is 15.7 Å². The smallest absolute Gasteiger partial charge is 0.0237 e. The third-order valence-electron chi connectivity index (χ3n) is 1.47. The molecule has 0 N–H and O–H groups in total. The van der Waals surface area contributed by atoms with E-state index in [-0.39, 0.29) is 0 Å². The van der Waals surface area contributed by atoms with Crippen LogP contribution < -0.4 is 0 Å². The fraction of sp³-hybridized carbons (Fsp3) is 0.778. The summed E-state index contributed by atoms with van der Waals surface area (Å²) in [6.07, 6.45) is 7.59. The first kappa shape index (κ1) is 10.9. The topological polar surface area (TPSA) is 17.1 Å². The van der Waals surface area contributed by atoms with E-state index in [1.165, 1.54) is 0 Å². The van der Waals surface area contributed by atoms with Gasteiger partial charge in [0.1, 0.15) is 0 Å². The molecule has 0 rings (SSSR count). The van der Waals surface area contributed by atoms with Crippen LogP contribution in [0.2, 0.25) is 0 Å². The molecule has 66 valence electrons. The quantitative estimate of drug-likeness (QED) is 0.446. The van der Waals surface area contributed by atoms with E-state index >= 15 is 0 Å². The Morgan fingerprint density at radius 3 is 2.55 bits per heavy atom. The summed E-state index contributed by atoms with van der Waals surface area (Å²) in [6.45, 7) is 4.10. The summed E-state index contributed by atoms with van der Waals surface area (Å²) in [4.78, 5) is 0. The predicted molar refractivity (Wildman–Crippen MR) is 52.2 cm³/mol. The van der Waals surface area contributed by atoms with Crippen molar-refractivity contribution in [1.29, 1.82) is 0 Å². The average Bonchev–Trinajstić information content (AvgIpc) is 2.04. The van der Waals surface area contributed by atoms with Gasteiger partial charge in [-0.25, -0.2) is 0 Å². The van der Waals surface area contributed by atoms with Crippen LogP contribution in [-0.2, 0) is 10.8 Å². The van der Waals surface area contributed by atoms with E-state index in [2.05, 4.69) is 19.1 Å². The van der Waals surface area contributed by atoms with Gasteiger partial charge in [0.2, 0.25) is 0 Å². The van der Waals surface area contributed by atoms with E-state index in [1.807, 2.05) is 6.92 Å². The Morgan fingerprint density at radius 2 is 2.00 bits per heavy atom. The Labute approximate surface area is 72.3 Å². The maximum absolute atomic E-state index is 10.9. The van der Waals surface area contributed by atoms with Gasteiger partial charge in [0, 0.05) is 22.3 Å². The molecule has 1 nitrogen and oxygen atoms in total. The van der Waals surface area contributed by atoms with Crippen molar-refractivity contribution in [3.8, 4) is 0 Å². The van der Waals surface area contributed by atoms with Crippen LogP contribution in [0.3, 0.4) is 0 Å². The lowest BCUT2D eigenvalue weighted by Crippen LogP contribution is -1.98. The Bertz CT molecular complexity index is 130. The summed E-state index contributed by atoms with van der Waals surface area (Å²) in [5.41, 5.74) is 0. The Kier molecular flexibility index (Phi) is 7.91. The average molecular weight is 174 g/mol. The molecule has 0 bridgehead atoms. The van der Waals surface area contributed by atoms with Crippen LogP contribution in [0.25, 0.3) is 0 Å². The molecule has 1 unspecified atom stereocenters. The summed E-state index contributed by atoms with van der Waals surface area (Å²) in [7, 11) is -0.566. The van der Waals surface area contributed by atoms with Gasteiger partial charge in [0.25, 0.3) is 0 Å². The van der Waals surface area contributed by atoms with Gasteiger partial charge in [-0.15, -0.1) is 0 Å². The molecule has 0 aliphatic heterocycles. The minimum absolute atomic E-state index is 0.566. The first-order chi connectivity index (χ1) is 5.31. The second kappa shape index (κ2) is 7.99. The molecule has 0 aliphatic carbocycles. The van der Waals surface area contributed by atoms with Crippen molar-refractivity contribution in [2.45, 2.75) is 33.1 Å². The number of rotatable bonds is 6. The zero-order valence-corrected chi connectivity index (χ0v) is 8.32. The highest BCUT2D eigenvalue weighted by molar-refractivity contribution is 7.84. The second-order valence-corrected chi connectivity index (χ2v) is 4.32. The van der Waals surface area contributed by atoms with Crippen molar-refractivity contribution < 1.29 is 4.21 Å². The lowest BCUT2D eigenvalue weighted by atomic mass is 10.3. The molecule has 0 aliphatic rings. The van der Waals surface area contributed by atoms with Crippen LogP contribution in [0.4, 0.5) is 0 Å². The summed E-state index contributed by atoms with van der Waals surface area (Å²) in [5.74, 6) is 1.67. The maximum atomic E-state index is 10.9. The molecule has 1 atom stereocenters. The van der Waals surface area contributed by atoms with E-state index < -0.39 is 10.8 Å². The van der Waals surface area contributed by atoms with Crippen LogP contribution in [0.15, 0.2) is 12.2 Å². The van der Waals surface area contributed by atoms with Crippen molar-refractivity contribution in [3.05, 3.63) is 12.2 Å². The van der Waals surface area contributed by atoms with Crippen LogP contribution in [0.5, 0.6) is 0 Å². The van der Waals surface area contributed by atoms with Gasteiger partial charge in [-0.05, 0) is 19.3 Å². The minimum Gasteiger partial charge on any atom is -0.260 e. The van der Waals surface area contributed by atoms with E-state index in [0.717, 1.165) is 30.8 Å². The number of hydrogen-bond donors (Lipinski definition) is 0. The zero-order valence-electron chi connectivity index (χ0n) is 7.51. The van der Waals surface area contributed by atoms with Crippen molar-refractivity contribution in [2.75, 3.05) is 11.5 Å². The van der Waals surface area contributed by atoms with Crippen molar-refractivity contribution in [3.63, 3.8) is 0 Å². The predicted octanol–water partition coefficient (Wildman–Crippen LogP) is 2.50. The van der Waals surface area contributed by atoms with E-state index in [0.29, 0.717) is 0 Å². The molecule has 0 saturated carbocycles. The third-order valence-corrected chi connectivity index (χ3v) is 2.86. The SMILES string of the molecule is CC/C=C\CCCS(=O)CC. The Morgan fingerprint density at radius 1 is 1.27 bits per heavy atom. The number of hydrogen-bond acceptors (Lipinski definition) is 1. The first-order valence-electron chi connectivity index (χ1n) is 4.31. The molecule has 0 amide bonds. The van der Waals surface area contributed by atoms with Gasteiger partial charge in [-0.1, -0.05) is 26.0 Å². The maximum Gasteiger partial charge on any atom is 0.0237 e.